The standard InChI is InChI=1S/C11H14N4S/c12-15-6-4-14(5-7-15)11-9-2-8-16-10(9)1-3-13-11/h1-3,8H,4-7,12H2. The van der Waals surface area contributed by atoms with Crippen molar-refractivity contribution in [3.8, 4) is 0 Å². The molecule has 1 fully saturated rings. The molecule has 0 saturated carbocycles. The molecule has 5 heteroatoms. The zero-order chi connectivity index (χ0) is 11.0. The Labute approximate surface area is 98.3 Å². The molecule has 0 radical (unpaired) electrons. The molecule has 4 nitrogen and oxygen atoms in total. The average Bonchev–Trinajstić information content (AvgIpc) is 2.78. The lowest BCUT2D eigenvalue weighted by Crippen LogP contribution is -2.49. The molecular formula is C11H14N4S. The van der Waals surface area contributed by atoms with Crippen LogP contribution in [0.2, 0.25) is 0 Å². The largest absolute Gasteiger partial charge is 0.353 e. The van der Waals surface area contributed by atoms with Crippen LogP contribution in [0, 0.1) is 0 Å². The first kappa shape index (κ1) is 10.0. The summed E-state index contributed by atoms with van der Waals surface area (Å²) < 4.78 is 1.31. The van der Waals surface area contributed by atoms with Crippen molar-refractivity contribution in [2.75, 3.05) is 31.1 Å². The number of anilines is 1. The lowest BCUT2D eigenvalue weighted by Gasteiger charge is -2.33. The minimum absolute atomic E-state index is 0.905. The number of pyridine rings is 1. The summed E-state index contributed by atoms with van der Waals surface area (Å²) in [5, 5.41) is 5.25. The van der Waals surface area contributed by atoms with Gasteiger partial charge in [0.2, 0.25) is 0 Å². The van der Waals surface area contributed by atoms with Gasteiger partial charge < -0.3 is 4.90 Å². The molecule has 0 aromatic carbocycles. The van der Waals surface area contributed by atoms with E-state index < -0.39 is 0 Å². The third kappa shape index (κ3) is 1.67. The van der Waals surface area contributed by atoms with Gasteiger partial charge in [0.05, 0.1) is 0 Å². The van der Waals surface area contributed by atoms with E-state index in [-0.39, 0.29) is 0 Å². The van der Waals surface area contributed by atoms with Gasteiger partial charge in [0.15, 0.2) is 0 Å². The van der Waals surface area contributed by atoms with E-state index in [0.29, 0.717) is 0 Å². The van der Waals surface area contributed by atoms with E-state index in [2.05, 4.69) is 27.4 Å². The van der Waals surface area contributed by atoms with Crippen molar-refractivity contribution in [2.45, 2.75) is 0 Å². The summed E-state index contributed by atoms with van der Waals surface area (Å²) in [6.45, 7) is 3.72. The van der Waals surface area contributed by atoms with E-state index in [9.17, 15) is 0 Å². The monoisotopic (exact) mass is 234 g/mol. The van der Waals surface area contributed by atoms with E-state index in [1.54, 1.807) is 11.3 Å². The Balaban J connectivity index is 1.96. The Morgan fingerprint density at radius 1 is 1.19 bits per heavy atom. The number of thiophene rings is 1. The average molecular weight is 234 g/mol. The van der Waals surface area contributed by atoms with Crippen molar-refractivity contribution in [3.63, 3.8) is 0 Å². The summed E-state index contributed by atoms with van der Waals surface area (Å²) in [4.78, 5) is 6.82. The molecule has 2 N–H and O–H groups in total. The van der Waals surface area contributed by atoms with Crippen LogP contribution in [0.25, 0.3) is 10.1 Å². The van der Waals surface area contributed by atoms with Gasteiger partial charge in [-0.15, -0.1) is 11.3 Å². The third-order valence-electron chi connectivity index (χ3n) is 2.97. The minimum atomic E-state index is 0.905. The molecule has 2 aromatic rings. The summed E-state index contributed by atoms with van der Waals surface area (Å²) in [6.07, 6.45) is 1.89. The summed E-state index contributed by atoms with van der Waals surface area (Å²) >= 11 is 1.76. The number of hydrazine groups is 1. The first-order valence-corrected chi connectivity index (χ1v) is 6.29. The van der Waals surface area contributed by atoms with Gasteiger partial charge in [0.25, 0.3) is 0 Å². The lowest BCUT2D eigenvalue weighted by molar-refractivity contribution is 0.266. The maximum atomic E-state index is 5.76. The topological polar surface area (TPSA) is 45.4 Å². The van der Waals surface area contributed by atoms with Gasteiger partial charge in [-0.25, -0.2) is 9.99 Å². The Hall–Kier alpha value is -1.17. The predicted molar refractivity (Wildman–Crippen MR) is 67.6 cm³/mol. The van der Waals surface area contributed by atoms with Crippen molar-refractivity contribution in [3.05, 3.63) is 23.7 Å². The second-order valence-electron chi connectivity index (χ2n) is 3.99. The second kappa shape index (κ2) is 4.01. The molecule has 1 aliphatic rings. The number of fused-ring (bicyclic) bond motifs is 1. The molecule has 0 atom stereocenters. The van der Waals surface area contributed by atoms with Crippen LogP contribution in [0.3, 0.4) is 0 Å². The predicted octanol–water partition coefficient (Wildman–Crippen LogP) is 1.29. The molecule has 3 rings (SSSR count). The van der Waals surface area contributed by atoms with E-state index in [1.165, 1.54) is 10.1 Å². The third-order valence-corrected chi connectivity index (χ3v) is 3.85. The second-order valence-corrected chi connectivity index (χ2v) is 4.94. The number of nitrogens with two attached hydrogens (primary N) is 1. The summed E-state index contributed by atoms with van der Waals surface area (Å²) in [5.41, 5.74) is 0. The van der Waals surface area contributed by atoms with Crippen molar-refractivity contribution >= 4 is 27.2 Å². The van der Waals surface area contributed by atoms with Gasteiger partial charge in [-0.05, 0) is 17.5 Å². The molecule has 2 aromatic heterocycles. The number of piperazine rings is 1. The zero-order valence-corrected chi connectivity index (χ0v) is 9.78. The first-order chi connectivity index (χ1) is 7.84. The van der Waals surface area contributed by atoms with E-state index >= 15 is 0 Å². The van der Waals surface area contributed by atoms with Gasteiger partial charge in [-0.3, -0.25) is 5.84 Å². The lowest BCUT2D eigenvalue weighted by atomic mass is 10.2. The van der Waals surface area contributed by atoms with Crippen LogP contribution in [0.1, 0.15) is 0 Å². The Bertz CT molecular complexity index is 487. The van der Waals surface area contributed by atoms with Gasteiger partial charge in [-0.1, -0.05) is 0 Å². The number of hydrogen-bond acceptors (Lipinski definition) is 5. The van der Waals surface area contributed by atoms with Crippen molar-refractivity contribution < 1.29 is 0 Å². The van der Waals surface area contributed by atoms with Crippen LogP contribution in [-0.4, -0.2) is 36.2 Å². The zero-order valence-electron chi connectivity index (χ0n) is 8.97. The number of nitrogens with zero attached hydrogens (tertiary/aromatic N) is 3. The molecule has 0 aliphatic carbocycles. The normalized spacial score (nSPS) is 18.2. The molecule has 0 amide bonds. The van der Waals surface area contributed by atoms with Gasteiger partial charge >= 0.3 is 0 Å². The molecule has 1 aliphatic heterocycles. The van der Waals surface area contributed by atoms with E-state index in [1.807, 2.05) is 11.2 Å². The van der Waals surface area contributed by atoms with Gasteiger partial charge in [-0.2, -0.15) is 0 Å². The van der Waals surface area contributed by atoms with Crippen LogP contribution < -0.4 is 10.7 Å². The summed E-state index contributed by atoms with van der Waals surface area (Å²) in [5.74, 6) is 6.86. The molecule has 16 heavy (non-hydrogen) atoms. The fourth-order valence-electron chi connectivity index (χ4n) is 2.07. The van der Waals surface area contributed by atoms with E-state index in [0.717, 1.165) is 32.0 Å². The molecule has 84 valence electrons. The highest BCUT2D eigenvalue weighted by Gasteiger charge is 2.17. The minimum Gasteiger partial charge on any atom is -0.353 e. The van der Waals surface area contributed by atoms with Crippen molar-refractivity contribution in [1.29, 1.82) is 0 Å². The summed E-state index contributed by atoms with van der Waals surface area (Å²) in [6, 6.07) is 4.22. The number of rotatable bonds is 1. The highest BCUT2D eigenvalue weighted by Crippen LogP contribution is 2.28. The quantitative estimate of drug-likeness (QED) is 0.755. The van der Waals surface area contributed by atoms with Crippen LogP contribution >= 0.6 is 11.3 Å². The number of aromatic nitrogens is 1. The molecular weight excluding hydrogens is 220 g/mol. The fourth-order valence-corrected chi connectivity index (χ4v) is 2.84. The Kier molecular flexibility index (Phi) is 2.51. The molecule has 1 saturated heterocycles. The van der Waals surface area contributed by atoms with E-state index in [4.69, 9.17) is 5.84 Å². The van der Waals surface area contributed by atoms with Crippen molar-refractivity contribution in [1.82, 2.24) is 9.99 Å². The van der Waals surface area contributed by atoms with Crippen LogP contribution in [0.5, 0.6) is 0 Å². The first-order valence-electron chi connectivity index (χ1n) is 5.41. The molecule has 0 unspecified atom stereocenters. The molecule has 0 bridgehead atoms. The van der Waals surface area contributed by atoms with Crippen LogP contribution in [0.4, 0.5) is 5.82 Å². The molecule has 3 heterocycles. The fraction of sp³-hybridized carbons (Fsp3) is 0.364. The number of hydrogen-bond donors (Lipinski definition) is 1. The SMILES string of the molecule is NN1CCN(c2nccc3sccc23)CC1. The van der Waals surface area contributed by atoms with Crippen LogP contribution in [-0.2, 0) is 0 Å². The van der Waals surface area contributed by atoms with Crippen molar-refractivity contribution in [2.24, 2.45) is 5.84 Å². The van der Waals surface area contributed by atoms with Gasteiger partial charge in [0.1, 0.15) is 5.82 Å². The summed E-state index contributed by atoms with van der Waals surface area (Å²) in [7, 11) is 0. The Morgan fingerprint density at radius 3 is 2.81 bits per heavy atom. The van der Waals surface area contributed by atoms with Gasteiger partial charge in [0, 0.05) is 42.5 Å². The maximum absolute atomic E-state index is 5.76. The maximum Gasteiger partial charge on any atom is 0.137 e. The Morgan fingerprint density at radius 2 is 2.00 bits per heavy atom. The molecule has 0 spiro atoms. The van der Waals surface area contributed by atoms with Crippen LogP contribution in [0.15, 0.2) is 23.7 Å². The smallest absolute Gasteiger partial charge is 0.137 e. The highest BCUT2D eigenvalue weighted by molar-refractivity contribution is 7.17. The highest BCUT2D eigenvalue weighted by atomic mass is 32.1.